The van der Waals surface area contributed by atoms with Gasteiger partial charge in [0.1, 0.15) is 6.29 Å². The standard InChI is InChI=1S/C29H42O3/c1-28(22-14-24-30,25-15-8-6-9-16-25)20-12-4-3-5-13-21-29(2,23-19-27(31)32)26-17-10-7-11-18-26/h6-11,15-18,24,27,31-32H,3-5,12-14,19-23H2,1-2H3. The molecular formula is C29H42O3. The number of aliphatic hydroxyl groups excluding tert-OH is 1. The lowest BCUT2D eigenvalue weighted by molar-refractivity contribution is -0.108. The Kier molecular flexibility index (Phi) is 11.1. The number of carbonyl (C=O) groups excluding carboxylic acids is 1. The smallest absolute Gasteiger partial charge is 0.151 e. The summed E-state index contributed by atoms with van der Waals surface area (Å²) < 4.78 is 0. The first-order valence-electron chi connectivity index (χ1n) is 12.3. The molecule has 0 aliphatic carbocycles. The molecule has 0 amide bonds. The fraction of sp³-hybridized carbons (Fsp3) is 0.552. The summed E-state index contributed by atoms with van der Waals surface area (Å²) in [5.41, 5.74) is 2.67. The Bertz CT molecular complexity index is 758. The minimum Gasteiger partial charge on any atom is -0.368 e. The van der Waals surface area contributed by atoms with E-state index in [1.54, 1.807) is 0 Å². The molecule has 0 heterocycles. The highest BCUT2D eigenvalue weighted by molar-refractivity contribution is 5.49. The molecule has 32 heavy (non-hydrogen) atoms. The summed E-state index contributed by atoms with van der Waals surface area (Å²) in [5, 5.41) is 18.7. The van der Waals surface area contributed by atoms with Crippen LogP contribution in [0.1, 0.15) is 95.6 Å². The number of benzene rings is 2. The Labute approximate surface area is 194 Å². The van der Waals surface area contributed by atoms with Crippen molar-refractivity contribution in [2.45, 2.75) is 102 Å². The van der Waals surface area contributed by atoms with Gasteiger partial charge in [0.15, 0.2) is 6.29 Å². The number of aldehydes is 1. The molecule has 0 saturated heterocycles. The average Bonchev–Trinajstić information content (AvgIpc) is 2.82. The highest BCUT2D eigenvalue weighted by atomic mass is 16.5. The van der Waals surface area contributed by atoms with Crippen molar-refractivity contribution >= 4 is 6.29 Å². The molecule has 0 radical (unpaired) electrons. The molecule has 0 saturated carbocycles. The summed E-state index contributed by atoms with van der Waals surface area (Å²) >= 11 is 0. The zero-order valence-corrected chi connectivity index (χ0v) is 20.0. The largest absolute Gasteiger partial charge is 0.368 e. The van der Waals surface area contributed by atoms with Crippen molar-refractivity contribution in [2.75, 3.05) is 0 Å². The number of aliphatic hydroxyl groups is 2. The zero-order chi connectivity index (χ0) is 23.3. The molecule has 2 atom stereocenters. The molecular weight excluding hydrogens is 396 g/mol. The minimum atomic E-state index is -1.24. The van der Waals surface area contributed by atoms with Crippen LogP contribution in [0.5, 0.6) is 0 Å². The molecule has 0 bridgehead atoms. The van der Waals surface area contributed by atoms with Crippen LogP contribution in [0.4, 0.5) is 0 Å². The Morgan fingerprint density at radius 3 is 1.56 bits per heavy atom. The van der Waals surface area contributed by atoms with Crippen molar-refractivity contribution < 1.29 is 15.0 Å². The summed E-state index contributed by atoms with van der Waals surface area (Å²) in [6, 6.07) is 21.1. The first kappa shape index (κ1) is 26.3. The van der Waals surface area contributed by atoms with Gasteiger partial charge in [0, 0.05) is 6.42 Å². The van der Waals surface area contributed by atoms with Crippen LogP contribution in [-0.2, 0) is 15.6 Å². The minimum absolute atomic E-state index is 0.0221. The Hall–Kier alpha value is -1.97. The quantitative estimate of drug-likeness (QED) is 0.174. The molecule has 2 rings (SSSR count). The lowest BCUT2D eigenvalue weighted by Crippen LogP contribution is -2.24. The van der Waals surface area contributed by atoms with Gasteiger partial charge in [-0.1, -0.05) is 107 Å². The van der Waals surface area contributed by atoms with Crippen LogP contribution in [0.25, 0.3) is 0 Å². The van der Waals surface area contributed by atoms with Crippen LogP contribution in [0.2, 0.25) is 0 Å². The molecule has 0 aliphatic rings. The summed E-state index contributed by atoms with van der Waals surface area (Å²) in [5.74, 6) is 0. The maximum absolute atomic E-state index is 11.0. The predicted octanol–water partition coefficient (Wildman–Crippen LogP) is 6.70. The highest BCUT2D eigenvalue weighted by Gasteiger charge is 2.27. The summed E-state index contributed by atoms with van der Waals surface area (Å²) in [6.07, 6.45) is 10.6. The SMILES string of the molecule is CC(CCC=O)(CCCCCCCC(C)(CCC(O)O)c1ccccc1)c1ccccc1. The third-order valence-electron chi connectivity index (χ3n) is 7.17. The first-order valence-corrected chi connectivity index (χ1v) is 12.3. The normalized spacial score (nSPS) is 15.3. The first-order chi connectivity index (χ1) is 15.4. The van der Waals surface area contributed by atoms with Gasteiger partial charge in [0.25, 0.3) is 0 Å². The van der Waals surface area contributed by atoms with E-state index in [9.17, 15) is 15.0 Å². The Balaban J connectivity index is 1.79. The van der Waals surface area contributed by atoms with Gasteiger partial charge < -0.3 is 15.0 Å². The van der Waals surface area contributed by atoms with E-state index in [1.165, 1.54) is 36.8 Å². The van der Waals surface area contributed by atoms with E-state index in [0.29, 0.717) is 12.8 Å². The van der Waals surface area contributed by atoms with E-state index in [4.69, 9.17) is 0 Å². The summed E-state index contributed by atoms with van der Waals surface area (Å²) in [7, 11) is 0. The lowest BCUT2D eigenvalue weighted by Gasteiger charge is -2.31. The fourth-order valence-electron chi connectivity index (χ4n) is 4.89. The van der Waals surface area contributed by atoms with Crippen molar-refractivity contribution in [3.05, 3.63) is 71.8 Å². The number of hydrogen-bond donors (Lipinski definition) is 2. The van der Waals surface area contributed by atoms with E-state index in [2.05, 4.69) is 62.4 Å². The molecule has 2 aromatic rings. The third kappa shape index (κ3) is 8.52. The Morgan fingerprint density at radius 2 is 1.12 bits per heavy atom. The monoisotopic (exact) mass is 438 g/mol. The van der Waals surface area contributed by atoms with E-state index >= 15 is 0 Å². The van der Waals surface area contributed by atoms with Crippen LogP contribution < -0.4 is 0 Å². The van der Waals surface area contributed by atoms with Gasteiger partial charge in [0.05, 0.1) is 0 Å². The van der Waals surface area contributed by atoms with Crippen LogP contribution in [-0.4, -0.2) is 22.8 Å². The van der Waals surface area contributed by atoms with Gasteiger partial charge in [-0.3, -0.25) is 0 Å². The van der Waals surface area contributed by atoms with Gasteiger partial charge in [-0.25, -0.2) is 0 Å². The van der Waals surface area contributed by atoms with Gasteiger partial charge >= 0.3 is 0 Å². The van der Waals surface area contributed by atoms with E-state index in [1.807, 2.05) is 12.1 Å². The van der Waals surface area contributed by atoms with Crippen molar-refractivity contribution in [1.82, 2.24) is 0 Å². The number of carbonyl (C=O) groups is 1. The van der Waals surface area contributed by atoms with Gasteiger partial charge in [-0.2, -0.15) is 0 Å². The van der Waals surface area contributed by atoms with Crippen molar-refractivity contribution in [2.24, 2.45) is 0 Å². The maximum Gasteiger partial charge on any atom is 0.151 e. The highest BCUT2D eigenvalue weighted by Crippen LogP contribution is 2.36. The fourth-order valence-corrected chi connectivity index (χ4v) is 4.89. The van der Waals surface area contributed by atoms with Gasteiger partial charge in [-0.15, -0.1) is 0 Å². The van der Waals surface area contributed by atoms with Crippen LogP contribution in [0, 0.1) is 0 Å². The van der Waals surface area contributed by atoms with Crippen molar-refractivity contribution in [3.63, 3.8) is 0 Å². The predicted molar refractivity (Wildman–Crippen MR) is 133 cm³/mol. The molecule has 0 aliphatic heterocycles. The van der Waals surface area contributed by atoms with E-state index in [0.717, 1.165) is 38.4 Å². The molecule has 176 valence electrons. The number of unbranched alkanes of at least 4 members (excludes halogenated alkanes) is 4. The van der Waals surface area contributed by atoms with Crippen LogP contribution >= 0.6 is 0 Å². The molecule has 2 N–H and O–H groups in total. The zero-order valence-electron chi connectivity index (χ0n) is 20.0. The van der Waals surface area contributed by atoms with E-state index < -0.39 is 6.29 Å². The molecule has 3 heteroatoms. The second-order valence-corrected chi connectivity index (χ2v) is 9.85. The number of rotatable bonds is 16. The molecule has 0 aromatic heterocycles. The number of hydrogen-bond acceptors (Lipinski definition) is 3. The topological polar surface area (TPSA) is 57.5 Å². The molecule has 0 spiro atoms. The Morgan fingerprint density at radius 1 is 0.688 bits per heavy atom. The second-order valence-electron chi connectivity index (χ2n) is 9.85. The van der Waals surface area contributed by atoms with Crippen molar-refractivity contribution in [1.29, 1.82) is 0 Å². The van der Waals surface area contributed by atoms with Crippen LogP contribution in [0.15, 0.2) is 60.7 Å². The summed E-state index contributed by atoms with van der Waals surface area (Å²) in [6.45, 7) is 4.55. The maximum atomic E-state index is 11.0. The summed E-state index contributed by atoms with van der Waals surface area (Å²) in [4.78, 5) is 11.0. The van der Waals surface area contributed by atoms with E-state index in [-0.39, 0.29) is 10.8 Å². The molecule has 2 aromatic carbocycles. The second kappa shape index (κ2) is 13.5. The molecule has 0 fully saturated rings. The third-order valence-corrected chi connectivity index (χ3v) is 7.17. The average molecular weight is 439 g/mol. The lowest BCUT2D eigenvalue weighted by atomic mass is 9.74. The van der Waals surface area contributed by atoms with Crippen LogP contribution in [0.3, 0.4) is 0 Å². The molecule has 2 unspecified atom stereocenters. The molecule has 3 nitrogen and oxygen atoms in total. The van der Waals surface area contributed by atoms with Gasteiger partial charge in [-0.05, 0) is 54.1 Å². The van der Waals surface area contributed by atoms with Gasteiger partial charge in [0.2, 0.25) is 0 Å². The van der Waals surface area contributed by atoms with Crippen molar-refractivity contribution in [3.8, 4) is 0 Å².